The van der Waals surface area contributed by atoms with Crippen molar-refractivity contribution in [2.75, 3.05) is 17.6 Å². The molecule has 0 atom stereocenters. The Kier molecular flexibility index (Phi) is 4.00. The number of nitrogens with zero attached hydrogens (tertiary/aromatic N) is 1. The molecule has 0 aliphatic heterocycles. The van der Waals surface area contributed by atoms with Gasteiger partial charge < -0.3 is 9.52 Å². The van der Waals surface area contributed by atoms with Crippen LogP contribution in [-0.4, -0.2) is 32.8 Å². The van der Waals surface area contributed by atoms with Crippen LogP contribution in [0.25, 0.3) is 22.3 Å². The number of carbonyl (C=O) groups is 1. The second-order valence-corrected chi connectivity index (χ2v) is 7.54. The molecule has 0 fully saturated rings. The van der Waals surface area contributed by atoms with Gasteiger partial charge in [0.2, 0.25) is 10.0 Å². The van der Waals surface area contributed by atoms with Crippen LogP contribution in [0.3, 0.4) is 0 Å². The zero-order valence-electron chi connectivity index (χ0n) is 13.4. The van der Waals surface area contributed by atoms with Crippen molar-refractivity contribution in [1.82, 2.24) is 0 Å². The molecule has 8 heteroatoms. The standard InChI is InChI=1S/C17H14FNO5S/c1-19(25(2,22)23)12-7-8-13-14(9-12)24-16(15(13)17(20)21)10-3-5-11(18)6-4-10/h3-9H,1-2H3,(H,20,21). The van der Waals surface area contributed by atoms with E-state index in [1.54, 1.807) is 0 Å². The lowest BCUT2D eigenvalue weighted by Gasteiger charge is -2.16. The molecule has 0 bridgehead atoms. The molecular formula is C17H14FNO5S. The summed E-state index contributed by atoms with van der Waals surface area (Å²) < 4.78 is 43.2. The minimum atomic E-state index is -3.47. The van der Waals surface area contributed by atoms with Gasteiger partial charge in [-0.15, -0.1) is 0 Å². The first-order valence-electron chi connectivity index (χ1n) is 7.18. The summed E-state index contributed by atoms with van der Waals surface area (Å²) in [5.41, 5.74) is 0.916. The number of anilines is 1. The van der Waals surface area contributed by atoms with E-state index >= 15 is 0 Å². The Balaban J connectivity index is 2.23. The molecule has 3 rings (SSSR count). The number of carboxylic acid groups (broad SMARTS) is 1. The quantitative estimate of drug-likeness (QED) is 0.768. The molecule has 3 aromatic rings. The van der Waals surface area contributed by atoms with Gasteiger partial charge in [0.15, 0.2) is 0 Å². The first kappa shape index (κ1) is 17.0. The van der Waals surface area contributed by atoms with E-state index in [1.165, 1.54) is 49.5 Å². The summed E-state index contributed by atoms with van der Waals surface area (Å²) in [4.78, 5) is 11.7. The van der Waals surface area contributed by atoms with Gasteiger partial charge in [0.1, 0.15) is 22.7 Å². The molecule has 1 heterocycles. The number of halogens is 1. The van der Waals surface area contributed by atoms with Crippen LogP contribution < -0.4 is 4.31 Å². The number of aromatic carboxylic acids is 1. The summed E-state index contributed by atoms with van der Waals surface area (Å²) >= 11 is 0. The fourth-order valence-electron chi connectivity index (χ4n) is 2.49. The smallest absolute Gasteiger partial charge is 0.340 e. The molecule has 0 amide bonds. The number of sulfonamides is 1. The number of hydrogen-bond acceptors (Lipinski definition) is 4. The minimum absolute atomic E-state index is 0.0600. The van der Waals surface area contributed by atoms with Crippen LogP contribution in [0.1, 0.15) is 10.4 Å². The summed E-state index contributed by atoms with van der Waals surface area (Å²) in [5.74, 6) is -1.56. The predicted octanol–water partition coefficient (Wildman–Crippen LogP) is 3.33. The zero-order chi connectivity index (χ0) is 18.4. The van der Waals surface area contributed by atoms with E-state index in [0.29, 0.717) is 16.6 Å². The molecule has 0 aliphatic rings. The van der Waals surface area contributed by atoms with Gasteiger partial charge in [-0.1, -0.05) is 0 Å². The Morgan fingerprint density at radius 2 is 1.80 bits per heavy atom. The van der Waals surface area contributed by atoms with Crippen LogP contribution in [-0.2, 0) is 10.0 Å². The summed E-state index contributed by atoms with van der Waals surface area (Å²) in [7, 11) is -2.08. The zero-order valence-corrected chi connectivity index (χ0v) is 14.2. The largest absolute Gasteiger partial charge is 0.478 e. The second-order valence-electron chi connectivity index (χ2n) is 5.53. The van der Waals surface area contributed by atoms with Crippen molar-refractivity contribution in [3.8, 4) is 11.3 Å². The van der Waals surface area contributed by atoms with E-state index in [0.717, 1.165) is 10.6 Å². The number of benzene rings is 2. The third-order valence-corrected chi connectivity index (χ3v) is 5.06. The molecule has 0 aliphatic carbocycles. The lowest BCUT2D eigenvalue weighted by Crippen LogP contribution is -2.24. The number of carboxylic acids is 1. The van der Waals surface area contributed by atoms with Gasteiger partial charge in [-0.3, -0.25) is 4.31 Å². The summed E-state index contributed by atoms with van der Waals surface area (Å²) in [6.45, 7) is 0. The Bertz CT molecular complexity index is 1070. The van der Waals surface area contributed by atoms with Gasteiger partial charge in [0, 0.05) is 24.1 Å². The molecule has 0 saturated carbocycles. The third kappa shape index (κ3) is 3.08. The van der Waals surface area contributed by atoms with Crippen LogP contribution in [0.2, 0.25) is 0 Å². The van der Waals surface area contributed by atoms with Crippen LogP contribution in [0.4, 0.5) is 10.1 Å². The van der Waals surface area contributed by atoms with Crippen molar-refractivity contribution in [3.05, 3.63) is 53.8 Å². The van der Waals surface area contributed by atoms with Crippen molar-refractivity contribution in [1.29, 1.82) is 0 Å². The van der Waals surface area contributed by atoms with Crippen molar-refractivity contribution < 1.29 is 27.1 Å². The average molecular weight is 363 g/mol. The van der Waals surface area contributed by atoms with Gasteiger partial charge in [0.05, 0.1) is 11.9 Å². The van der Waals surface area contributed by atoms with Crippen LogP contribution >= 0.6 is 0 Å². The first-order valence-corrected chi connectivity index (χ1v) is 9.03. The maximum absolute atomic E-state index is 13.1. The maximum Gasteiger partial charge on any atom is 0.340 e. The fourth-order valence-corrected chi connectivity index (χ4v) is 2.99. The van der Waals surface area contributed by atoms with Crippen LogP contribution in [0.5, 0.6) is 0 Å². The number of rotatable bonds is 4. The molecule has 0 spiro atoms. The van der Waals surface area contributed by atoms with Crippen molar-refractivity contribution in [2.45, 2.75) is 0 Å². The van der Waals surface area contributed by atoms with E-state index in [1.807, 2.05) is 0 Å². The summed E-state index contributed by atoms with van der Waals surface area (Å²) in [6, 6.07) is 9.70. The van der Waals surface area contributed by atoms with E-state index in [2.05, 4.69) is 0 Å². The van der Waals surface area contributed by atoms with E-state index in [-0.39, 0.29) is 16.9 Å². The molecule has 2 aromatic carbocycles. The Hall–Kier alpha value is -2.87. The van der Waals surface area contributed by atoms with Crippen molar-refractivity contribution >= 4 is 32.6 Å². The highest BCUT2D eigenvalue weighted by Crippen LogP contribution is 2.35. The second kappa shape index (κ2) is 5.89. The molecule has 25 heavy (non-hydrogen) atoms. The SMILES string of the molecule is CN(c1ccc2c(C(=O)O)c(-c3ccc(F)cc3)oc2c1)S(C)(=O)=O. The predicted molar refractivity (Wildman–Crippen MR) is 91.8 cm³/mol. The molecular weight excluding hydrogens is 349 g/mol. The fraction of sp³-hybridized carbons (Fsp3) is 0.118. The normalized spacial score (nSPS) is 11.6. The van der Waals surface area contributed by atoms with Crippen molar-refractivity contribution in [2.24, 2.45) is 0 Å². The van der Waals surface area contributed by atoms with Gasteiger partial charge in [-0.05, 0) is 36.4 Å². The number of furan rings is 1. The number of hydrogen-bond donors (Lipinski definition) is 1. The number of fused-ring (bicyclic) bond motifs is 1. The molecule has 0 radical (unpaired) electrons. The molecule has 1 N–H and O–H groups in total. The Labute approximate surface area is 143 Å². The van der Waals surface area contributed by atoms with E-state index in [9.17, 15) is 22.7 Å². The Morgan fingerprint density at radius 1 is 1.16 bits per heavy atom. The van der Waals surface area contributed by atoms with E-state index in [4.69, 9.17) is 4.42 Å². The monoisotopic (exact) mass is 363 g/mol. The highest BCUT2D eigenvalue weighted by Gasteiger charge is 2.23. The molecule has 6 nitrogen and oxygen atoms in total. The minimum Gasteiger partial charge on any atom is -0.478 e. The van der Waals surface area contributed by atoms with Crippen LogP contribution in [0, 0.1) is 5.82 Å². The molecule has 0 saturated heterocycles. The van der Waals surface area contributed by atoms with Crippen LogP contribution in [0.15, 0.2) is 46.9 Å². The maximum atomic E-state index is 13.1. The lowest BCUT2D eigenvalue weighted by atomic mass is 10.1. The average Bonchev–Trinajstić information content (AvgIpc) is 2.92. The summed E-state index contributed by atoms with van der Waals surface area (Å²) in [6.07, 6.45) is 1.06. The van der Waals surface area contributed by atoms with Gasteiger partial charge in [0.25, 0.3) is 0 Å². The van der Waals surface area contributed by atoms with Gasteiger partial charge in [-0.25, -0.2) is 17.6 Å². The molecule has 130 valence electrons. The highest BCUT2D eigenvalue weighted by molar-refractivity contribution is 7.92. The highest BCUT2D eigenvalue weighted by atomic mass is 32.2. The third-order valence-electron chi connectivity index (χ3n) is 3.85. The van der Waals surface area contributed by atoms with Gasteiger partial charge >= 0.3 is 5.97 Å². The van der Waals surface area contributed by atoms with Gasteiger partial charge in [-0.2, -0.15) is 0 Å². The lowest BCUT2D eigenvalue weighted by molar-refractivity contribution is 0.0699. The first-order chi connectivity index (χ1) is 11.7. The molecule has 1 aromatic heterocycles. The van der Waals surface area contributed by atoms with E-state index < -0.39 is 21.8 Å². The Morgan fingerprint density at radius 3 is 2.36 bits per heavy atom. The molecule has 0 unspecified atom stereocenters. The van der Waals surface area contributed by atoms with Crippen molar-refractivity contribution in [3.63, 3.8) is 0 Å². The summed E-state index contributed by atoms with van der Waals surface area (Å²) in [5, 5.41) is 9.87. The topological polar surface area (TPSA) is 87.8 Å².